The van der Waals surface area contributed by atoms with Gasteiger partial charge in [-0.1, -0.05) is 0 Å². The van der Waals surface area contributed by atoms with Gasteiger partial charge in [0.2, 0.25) is 0 Å². The van der Waals surface area contributed by atoms with Crippen molar-refractivity contribution in [2.24, 2.45) is 10.8 Å². The molecule has 2 amide bonds. The van der Waals surface area contributed by atoms with Gasteiger partial charge in [-0.05, 0) is 30.5 Å². The number of hydrazone groups is 1. The molecule has 0 unspecified atom stereocenters. The predicted octanol–water partition coefficient (Wildman–Crippen LogP) is 1.22. The monoisotopic (exact) mass is 274 g/mol. The van der Waals surface area contributed by atoms with E-state index >= 15 is 0 Å². The third-order valence-electron chi connectivity index (χ3n) is 3.82. The minimum Gasteiger partial charge on any atom is -0.497 e. The van der Waals surface area contributed by atoms with E-state index in [0.717, 1.165) is 49.4 Å². The van der Waals surface area contributed by atoms with Gasteiger partial charge < -0.3 is 15.4 Å². The van der Waals surface area contributed by atoms with Crippen LogP contribution in [0, 0.1) is 0 Å². The van der Waals surface area contributed by atoms with Crippen LogP contribution in [0.1, 0.15) is 24.0 Å². The predicted molar refractivity (Wildman–Crippen MR) is 77.4 cm³/mol. The molecule has 0 bridgehead atoms. The summed E-state index contributed by atoms with van der Waals surface area (Å²) in [7, 11) is 1.66. The zero-order chi connectivity index (χ0) is 14.1. The molecular weight excluding hydrogens is 256 g/mol. The van der Waals surface area contributed by atoms with Crippen molar-refractivity contribution in [1.82, 2.24) is 5.43 Å². The normalized spacial score (nSPS) is 18.6. The lowest BCUT2D eigenvalue weighted by Crippen LogP contribution is -2.37. The van der Waals surface area contributed by atoms with Crippen LogP contribution in [0.15, 0.2) is 17.2 Å². The lowest BCUT2D eigenvalue weighted by atomic mass is 9.90. The van der Waals surface area contributed by atoms with Gasteiger partial charge in [0.15, 0.2) is 0 Å². The number of nitrogens with one attached hydrogen (secondary N) is 1. The second-order valence-corrected chi connectivity index (χ2v) is 5.06. The number of carbonyl (C=O) groups excluding carboxylic acids is 1. The van der Waals surface area contributed by atoms with Gasteiger partial charge in [-0.3, -0.25) is 0 Å². The van der Waals surface area contributed by atoms with Crippen molar-refractivity contribution in [2.75, 3.05) is 25.1 Å². The summed E-state index contributed by atoms with van der Waals surface area (Å²) in [6.45, 7) is 1.99. The van der Waals surface area contributed by atoms with Crippen molar-refractivity contribution < 1.29 is 9.53 Å². The third-order valence-corrected chi connectivity index (χ3v) is 3.82. The number of methoxy groups -OCH3 is 1. The van der Waals surface area contributed by atoms with E-state index in [2.05, 4.69) is 21.5 Å². The maximum absolute atomic E-state index is 10.8. The van der Waals surface area contributed by atoms with Gasteiger partial charge in [0.25, 0.3) is 0 Å². The van der Waals surface area contributed by atoms with Crippen LogP contribution in [-0.4, -0.2) is 31.9 Å². The average Bonchev–Trinajstić information content (AvgIpc) is 2.46. The largest absolute Gasteiger partial charge is 0.497 e. The van der Waals surface area contributed by atoms with E-state index in [1.165, 1.54) is 11.3 Å². The minimum absolute atomic E-state index is 0.642. The molecule has 0 saturated heterocycles. The molecule has 0 spiro atoms. The highest BCUT2D eigenvalue weighted by atomic mass is 16.5. The zero-order valence-electron chi connectivity index (χ0n) is 11.5. The molecule has 0 radical (unpaired) electrons. The smallest absolute Gasteiger partial charge is 0.332 e. The van der Waals surface area contributed by atoms with Crippen molar-refractivity contribution in [3.63, 3.8) is 0 Å². The number of hydrogen-bond donors (Lipinski definition) is 2. The molecule has 2 aliphatic rings. The highest BCUT2D eigenvalue weighted by Gasteiger charge is 2.28. The molecule has 0 fully saturated rings. The first-order chi connectivity index (χ1) is 9.69. The van der Waals surface area contributed by atoms with Crippen molar-refractivity contribution in [3.8, 4) is 5.75 Å². The van der Waals surface area contributed by atoms with E-state index in [4.69, 9.17) is 10.5 Å². The number of nitrogens with zero attached hydrogens (tertiary/aromatic N) is 2. The molecule has 106 valence electrons. The highest BCUT2D eigenvalue weighted by Crippen LogP contribution is 2.38. The Morgan fingerprint density at radius 2 is 2.25 bits per heavy atom. The number of amides is 2. The first-order valence-electron chi connectivity index (χ1n) is 6.77. The van der Waals surface area contributed by atoms with E-state index in [1.54, 1.807) is 7.11 Å². The molecule has 0 saturated carbocycles. The lowest BCUT2D eigenvalue weighted by molar-refractivity contribution is 0.249. The SMILES string of the molecule is COc1cc2c3c(c1)/C(=N\NC(N)=O)CCN3CCC2. The standard InChI is InChI=1S/C14H18N4O2/c1-20-10-7-9-3-2-5-18-6-4-12(16-17-14(15)19)11(8-10)13(9)18/h7-8H,2-6H2,1H3,(H3,15,17,19)/b16-12-. The number of primary amides is 1. The Hall–Kier alpha value is -2.24. The molecular formula is C14H18N4O2. The number of nitrogens with two attached hydrogens (primary N) is 1. The summed E-state index contributed by atoms with van der Waals surface area (Å²) in [6.07, 6.45) is 3.00. The van der Waals surface area contributed by atoms with Crippen LogP contribution in [0.3, 0.4) is 0 Å². The molecule has 0 aliphatic carbocycles. The van der Waals surface area contributed by atoms with Gasteiger partial charge in [0.1, 0.15) is 5.75 Å². The summed E-state index contributed by atoms with van der Waals surface area (Å²) in [5.74, 6) is 0.828. The molecule has 0 atom stereocenters. The Balaban J connectivity index is 2.09. The van der Waals surface area contributed by atoms with Crippen LogP contribution in [0.5, 0.6) is 5.75 Å². The Bertz CT molecular complexity index is 583. The van der Waals surface area contributed by atoms with Gasteiger partial charge in [-0.25, -0.2) is 10.2 Å². The summed E-state index contributed by atoms with van der Waals surface area (Å²) >= 11 is 0. The van der Waals surface area contributed by atoms with Crippen molar-refractivity contribution in [3.05, 3.63) is 23.3 Å². The Kier molecular flexibility index (Phi) is 3.22. The second-order valence-electron chi connectivity index (χ2n) is 5.06. The van der Waals surface area contributed by atoms with E-state index in [-0.39, 0.29) is 0 Å². The van der Waals surface area contributed by atoms with Crippen molar-refractivity contribution in [1.29, 1.82) is 0 Å². The van der Waals surface area contributed by atoms with Gasteiger partial charge in [0.05, 0.1) is 12.8 Å². The molecule has 3 rings (SSSR count). The van der Waals surface area contributed by atoms with Crippen LogP contribution in [0.25, 0.3) is 0 Å². The third kappa shape index (κ3) is 2.17. The number of urea groups is 1. The molecule has 1 aromatic carbocycles. The summed E-state index contributed by atoms with van der Waals surface area (Å²) in [5, 5.41) is 4.14. The topological polar surface area (TPSA) is 80.0 Å². The van der Waals surface area contributed by atoms with Crippen LogP contribution in [-0.2, 0) is 6.42 Å². The summed E-state index contributed by atoms with van der Waals surface area (Å²) in [5.41, 5.74) is 11.8. The van der Waals surface area contributed by atoms with E-state index in [9.17, 15) is 4.79 Å². The van der Waals surface area contributed by atoms with E-state index in [1.807, 2.05) is 6.07 Å². The molecule has 6 heteroatoms. The number of carbonyl (C=O) groups is 1. The molecule has 0 aromatic heterocycles. The van der Waals surface area contributed by atoms with Gasteiger partial charge in [-0.15, -0.1) is 0 Å². The second kappa shape index (κ2) is 5.03. The molecule has 6 nitrogen and oxygen atoms in total. The fourth-order valence-corrected chi connectivity index (χ4v) is 2.98. The zero-order valence-corrected chi connectivity index (χ0v) is 11.5. The first kappa shape index (κ1) is 12.8. The van der Waals surface area contributed by atoms with Crippen LogP contribution >= 0.6 is 0 Å². The van der Waals surface area contributed by atoms with Gasteiger partial charge in [-0.2, -0.15) is 5.10 Å². The molecule has 2 aliphatic heterocycles. The van der Waals surface area contributed by atoms with Crippen molar-refractivity contribution >= 4 is 17.4 Å². The number of rotatable bonds is 2. The van der Waals surface area contributed by atoms with Crippen LogP contribution < -0.4 is 20.8 Å². The number of aryl methyl sites for hydroxylation is 1. The Morgan fingerprint density at radius 3 is 3.00 bits per heavy atom. The van der Waals surface area contributed by atoms with Crippen LogP contribution in [0.2, 0.25) is 0 Å². The molecule has 3 N–H and O–H groups in total. The number of anilines is 1. The van der Waals surface area contributed by atoms with Gasteiger partial charge >= 0.3 is 6.03 Å². The van der Waals surface area contributed by atoms with Crippen molar-refractivity contribution in [2.45, 2.75) is 19.3 Å². The molecule has 20 heavy (non-hydrogen) atoms. The lowest BCUT2D eigenvalue weighted by Gasteiger charge is -2.37. The fraction of sp³-hybridized carbons (Fsp3) is 0.429. The van der Waals surface area contributed by atoms with Crippen LogP contribution in [0.4, 0.5) is 10.5 Å². The summed E-state index contributed by atoms with van der Waals surface area (Å²) in [6, 6.07) is 3.43. The number of benzene rings is 1. The minimum atomic E-state index is -0.642. The maximum atomic E-state index is 10.8. The Labute approximate surface area is 117 Å². The fourth-order valence-electron chi connectivity index (χ4n) is 2.98. The molecule has 2 heterocycles. The molecule has 1 aromatic rings. The van der Waals surface area contributed by atoms with Gasteiger partial charge in [0, 0.05) is 30.8 Å². The number of hydrogen-bond acceptors (Lipinski definition) is 4. The Morgan fingerprint density at radius 1 is 1.40 bits per heavy atom. The quantitative estimate of drug-likeness (QED) is 0.796. The van der Waals surface area contributed by atoms with E-state index in [0.29, 0.717) is 0 Å². The highest BCUT2D eigenvalue weighted by molar-refractivity contribution is 6.08. The average molecular weight is 274 g/mol. The number of ether oxygens (including phenoxy) is 1. The summed E-state index contributed by atoms with van der Waals surface area (Å²) < 4.78 is 5.37. The van der Waals surface area contributed by atoms with E-state index < -0.39 is 6.03 Å². The maximum Gasteiger partial charge on any atom is 0.332 e. The summed E-state index contributed by atoms with van der Waals surface area (Å²) in [4.78, 5) is 13.2. The first-order valence-corrected chi connectivity index (χ1v) is 6.77.